The third-order valence-electron chi connectivity index (χ3n) is 2.62. The second-order valence-electron chi connectivity index (χ2n) is 3.84. The fraction of sp³-hybridized carbons (Fsp3) is 0.778. The first kappa shape index (κ1) is 9.45. The standard InChI is InChI=1S/C9H15N3O2/c10-4-1-5-11-6-8(13)12(9(11)14)7-2-3-7/h7H,1-6,10H2. The molecular weight excluding hydrogens is 182 g/mol. The summed E-state index contributed by atoms with van der Waals surface area (Å²) >= 11 is 0. The third kappa shape index (κ3) is 1.59. The number of amides is 3. The van der Waals surface area contributed by atoms with Gasteiger partial charge in [0.25, 0.3) is 5.91 Å². The van der Waals surface area contributed by atoms with Gasteiger partial charge in [0.05, 0.1) is 0 Å². The summed E-state index contributed by atoms with van der Waals surface area (Å²) in [4.78, 5) is 26.2. The molecule has 2 rings (SSSR count). The zero-order chi connectivity index (χ0) is 10.1. The Morgan fingerprint density at radius 3 is 2.64 bits per heavy atom. The Morgan fingerprint density at radius 1 is 1.36 bits per heavy atom. The van der Waals surface area contributed by atoms with E-state index in [2.05, 4.69) is 0 Å². The van der Waals surface area contributed by atoms with Crippen LogP contribution in [0.4, 0.5) is 4.79 Å². The highest BCUT2D eigenvalue weighted by Crippen LogP contribution is 2.30. The van der Waals surface area contributed by atoms with Gasteiger partial charge in [-0.1, -0.05) is 0 Å². The van der Waals surface area contributed by atoms with Crippen molar-refractivity contribution in [2.24, 2.45) is 5.73 Å². The quantitative estimate of drug-likeness (QED) is 0.633. The van der Waals surface area contributed by atoms with Gasteiger partial charge < -0.3 is 10.6 Å². The first-order valence-corrected chi connectivity index (χ1v) is 5.05. The molecule has 2 fully saturated rings. The molecule has 0 radical (unpaired) electrons. The minimum Gasteiger partial charge on any atom is -0.330 e. The van der Waals surface area contributed by atoms with Crippen LogP contribution < -0.4 is 5.73 Å². The average Bonchev–Trinajstić information content (AvgIpc) is 2.92. The molecule has 0 spiro atoms. The van der Waals surface area contributed by atoms with Crippen LogP contribution in [0.1, 0.15) is 19.3 Å². The van der Waals surface area contributed by atoms with Crippen molar-refractivity contribution in [3.63, 3.8) is 0 Å². The van der Waals surface area contributed by atoms with Gasteiger partial charge in [-0.15, -0.1) is 0 Å². The Labute approximate surface area is 82.8 Å². The van der Waals surface area contributed by atoms with Crippen molar-refractivity contribution in [3.05, 3.63) is 0 Å². The SMILES string of the molecule is NCCCN1CC(=O)N(C2CC2)C1=O. The predicted molar refractivity (Wildman–Crippen MR) is 50.5 cm³/mol. The van der Waals surface area contributed by atoms with Crippen LogP contribution in [0.25, 0.3) is 0 Å². The lowest BCUT2D eigenvalue weighted by molar-refractivity contribution is -0.125. The fourth-order valence-electron chi connectivity index (χ4n) is 1.72. The molecule has 0 aromatic rings. The number of imide groups is 1. The van der Waals surface area contributed by atoms with Gasteiger partial charge in [-0.05, 0) is 25.8 Å². The van der Waals surface area contributed by atoms with Crippen LogP contribution in [-0.2, 0) is 4.79 Å². The third-order valence-corrected chi connectivity index (χ3v) is 2.62. The summed E-state index contributed by atoms with van der Waals surface area (Å²) < 4.78 is 0. The zero-order valence-electron chi connectivity index (χ0n) is 8.11. The summed E-state index contributed by atoms with van der Waals surface area (Å²) in [5.41, 5.74) is 5.36. The Kier molecular flexibility index (Phi) is 2.41. The van der Waals surface area contributed by atoms with Gasteiger partial charge in [0.1, 0.15) is 6.54 Å². The van der Waals surface area contributed by atoms with Crippen LogP contribution in [0, 0.1) is 0 Å². The minimum absolute atomic E-state index is 0.0467. The molecule has 0 aromatic carbocycles. The minimum atomic E-state index is -0.119. The number of hydrogen-bond acceptors (Lipinski definition) is 3. The normalized spacial score (nSPS) is 22.4. The number of carbonyl (C=O) groups is 2. The molecule has 2 aliphatic rings. The van der Waals surface area contributed by atoms with E-state index in [9.17, 15) is 9.59 Å². The molecule has 0 unspecified atom stereocenters. The van der Waals surface area contributed by atoms with Crippen molar-refractivity contribution in [3.8, 4) is 0 Å². The molecule has 1 aliphatic heterocycles. The summed E-state index contributed by atoms with van der Waals surface area (Å²) in [6.07, 6.45) is 2.71. The molecule has 2 N–H and O–H groups in total. The van der Waals surface area contributed by atoms with E-state index in [1.807, 2.05) is 0 Å². The zero-order valence-corrected chi connectivity index (χ0v) is 8.11. The van der Waals surface area contributed by atoms with Crippen molar-refractivity contribution in [2.45, 2.75) is 25.3 Å². The first-order valence-electron chi connectivity index (χ1n) is 5.05. The number of urea groups is 1. The molecule has 3 amide bonds. The fourth-order valence-corrected chi connectivity index (χ4v) is 1.72. The summed E-state index contributed by atoms with van der Waals surface area (Å²) in [6, 6.07) is 0.0730. The molecule has 78 valence electrons. The maximum absolute atomic E-state index is 11.7. The summed E-state index contributed by atoms with van der Waals surface area (Å²) in [5.74, 6) is -0.0467. The predicted octanol–water partition coefficient (Wildman–Crippen LogP) is -0.238. The molecule has 5 nitrogen and oxygen atoms in total. The van der Waals surface area contributed by atoms with E-state index in [0.29, 0.717) is 13.1 Å². The lowest BCUT2D eigenvalue weighted by Crippen LogP contribution is -2.35. The lowest BCUT2D eigenvalue weighted by atomic mass is 10.4. The molecule has 5 heteroatoms. The van der Waals surface area contributed by atoms with Crippen molar-refractivity contribution >= 4 is 11.9 Å². The van der Waals surface area contributed by atoms with Gasteiger partial charge in [0.2, 0.25) is 0 Å². The van der Waals surface area contributed by atoms with Crippen molar-refractivity contribution in [1.29, 1.82) is 0 Å². The number of rotatable bonds is 4. The maximum atomic E-state index is 11.7. The van der Waals surface area contributed by atoms with Gasteiger partial charge in [-0.2, -0.15) is 0 Å². The van der Waals surface area contributed by atoms with Crippen molar-refractivity contribution < 1.29 is 9.59 Å². The Morgan fingerprint density at radius 2 is 2.07 bits per heavy atom. The second kappa shape index (κ2) is 3.57. The summed E-state index contributed by atoms with van der Waals surface area (Å²) in [7, 11) is 0. The van der Waals surface area contributed by atoms with Crippen LogP contribution in [-0.4, -0.2) is 47.4 Å². The van der Waals surface area contributed by atoms with E-state index in [0.717, 1.165) is 19.3 Å². The smallest absolute Gasteiger partial charge is 0.327 e. The highest BCUT2D eigenvalue weighted by Gasteiger charge is 2.44. The Balaban J connectivity index is 1.96. The number of carbonyl (C=O) groups excluding carboxylic acids is 2. The summed E-state index contributed by atoms with van der Waals surface area (Å²) in [5, 5.41) is 0. The molecule has 0 aromatic heterocycles. The molecule has 0 bridgehead atoms. The van der Waals surface area contributed by atoms with E-state index in [1.54, 1.807) is 4.90 Å². The number of nitrogens with zero attached hydrogens (tertiary/aromatic N) is 2. The number of nitrogens with two attached hydrogens (primary N) is 1. The molecule has 1 aliphatic carbocycles. The van der Waals surface area contributed by atoms with E-state index >= 15 is 0 Å². The number of hydrogen-bond donors (Lipinski definition) is 1. The molecule has 1 heterocycles. The second-order valence-corrected chi connectivity index (χ2v) is 3.84. The molecule has 1 saturated heterocycles. The molecule has 14 heavy (non-hydrogen) atoms. The van der Waals surface area contributed by atoms with Crippen LogP contribution in [0.15, 0.2) is 0 Å². The van der Waals surface area contributed by atoms with Gasteiger partial charge in [0, 0.05) is 12.6 Å². The lowest BCUT2D eigenvalue weighted by Gasteiger charge is -2.15. The van der Waals surface area contributed by atoms with Crippen LogP contribution in [0.3, 0.4) is 0 Å². The largest absolute Gasteiger partial charge is 0.330 e. The van der Waals surface area contributed by atoms with Crippen LogP contribution in [0.5, 0.6) is 0 Å². The maximum Gasteiger partial charge on any atom is 0.327 e. The van der Waals surface area contributed by atoms with Gasteiger partial charge >= 0.3 is 6.03 Å². The summed E-state index contributed by atoms with van der Waals surface area (Å²) in [6.45, 7) is 1.40. The topological polar surface area (TPSA) is 66.6 Å². The van der Waals surface area contributed by atoms with Gasteiger partial charge in [-0.25, -0.2) is 4.79 Å². The Hall–Kier alpha value is -1.10. The van der Waals surface area contributed by atoms with E-state index < -0.39 is 0 Å². The van der Waals surface area contributed by atoms with Crippen LogP contribution in [0.2, 0.25) is 0 Å². The van der Waals surface area contributed by atoms with Crippen LogP contribution >= 0.6 is 0 Å². The van der Waals surface area contributed by atoms with Crippen molar-refractivity contribution in [1.82, 2.24) is 9.80 Å². The van der Waals surface area contributed by atoms with Gasteiger partial charge in [0.15, 0.2) is 0 Å². The van der Waals surface area contributed by atoms with E-state index in [4.69, 9.17) is 5.73 Å². The Bertz CT molecular complexity index is 263. The molecule has 1 saturated carbocycles. The van der Waals surface area contributed by atoms with Crippen molar-refractivity contribution in [2.75, 3.05) is 19.6 Å². The molecule has 0 atom stereocenters. The highest BCUT2D eigenvalue weighted by atomic mass is 16.2. The van der Waals surface area contributed by atoms with E-state index in [1.165, 1.54) is 4.90 Å². The molecular formula is C9H15N3O2. The van der Waals surface area contributed by atoms with Gasteiger partial charge in [-0.3, -0.25) is 9.69 Å². The highest BCUT2D eigenvalue weighted by molar-refractivity contribution is 6.02. The van der Waals surface area contributed by atoms with E-state index in [-0.39, 0.29) is 24.5 Å². The monoisotopic (exact) mass is 197 g/mol. The first-order chi connectivity index (χ1) is 6.74. The average molecular weight is 197 g/mol.